The highest BCUT2D eigenvalue weighted by molar-refractivity contribution is 9.10. The molecule has 1 rings (SSSR count). The molecule has 1 atom stereocenters. The fourth-order valence-corrected chi connectivity index (χ4v) is 1.66. The Morgan fingerprint density at radius 2 is 2.27 bits per heavy atom. The number of hydrogen-bond acceptors (Lipinski definition) is 2. The number of nitriles is 1. The van der Waals surface area contributed by atoms with Crippen molar-refractivity contribution < 1.29 is 4.79 Å². The lowest BCUT2D eigenvalue weighted by atomic mass is 9.98. The van der Waals surface area contributed by atoms with Crippen LogP contribution in [0.2, 0.25) is 0 Å². The summed E-state index contributed by atoms with van der Waals surface area (Å²) in [6, 6.07) is 7.66. The molecule has 0 aliphatic carbocycles. The Kier molecular flexibility index (Phi) is 4.05. The predicted molar refractivity (Wildman–Crippen MR) is 63.2 cm³/mol. The summed E-state index contributed by atoms with van der Waals surface area (Å²) in [6.45, 7) is 3.74. The van der Waals surface area contributed by atoms with E-state index in [1.807, 2.05) is 19.1 Å². The van der Waals surface area contributed by atoms with Crippen molar-refractivity contribution >= 4 is 21.7 Å². The fourth-order valence-electron chi connectivity index (χ4n) is 1.41. The van der Waals surface area contributed by atoms with E-state index in [1.165, 1.54) is 0 Å². The zero-order valence-electron chi connectivity index (χ0n) is 8.75. The third-order valence-electron chi connectivity index (χ3n) is 2.16. The second-order valence-corrected chi connectivity index (χ2v) is 4.85. The maximum absolute atomic E-state index is 11.8. The number of halogens is 1. The predicted octanol–water partition coefficient (Wildman–Crippen LogP) is 3.03. The molecular weight excluding hydrogens is 254 g/mol. The van der Waals surface area contributed by atoms with Crippen molar-refractivity contribution in [3.63, 3.8) is 0 Å². The van der Waals surface area contributed by atoms with Crippen LogP contribution >= 0.6 is 15.9 Å². The van der Waals surface area contributed by atoms with Gasteiger partial charge in [-0.25, -0.2) is 0 Å². The van der Waals surface area contributed by atoms with Crippen LogP contribution in [0.5, 0.6) is 0 Å². The highest BCUT2D eigenvalue weighted by Crippen LogP contribution is 2.17. The van der Waals surface area contributed by atoms with Gasteiger partial charge in [0.1, 0.15) is 0 Å². The SMILES string of the molecule is Cc1ccc(C(=O)C(C)Br)c(CC#N)c1. The molecule has 0 fully saturated rings. The summed E-state index contributed by atoms with van der Waals surface area (Å²) in [4.78, 5) is 11.6. The van der Waals surface area contributed by atoms with E-state index in [2.05, 4.69) is 22.0 Å². The Bertz CT molecular complexity index is 418. The maximum Gasteiger partial charge on any atom is 0.176 e. The van der Waals surface area contributed by atoms with Crippen molar-refractivity contribution in [1.82, 2.24) is 0 Å². The molecule has 0 amide bonds. The molecule has 0 aliphatic heterocycles. The first-order valence-electron chi connectivity index (χ1n) is 4.71. The Balaban J connectivity index is 3.17. The molecule has 1 aromatic carbocycles. The summed E-state index contributed by atoms with van der Waals surface area (Å²) in [5.41, 5.74) is 2.53. The standard InChI is InChI=1S/C12H12BrNO/c1-8-3-4-11(12(15)9(2)13)10(7-8)5-6-14/h3-4,7,9H,5H2,1-2H3. The van der Waals surface area contributed by atoms with Crippen LogP contribution in [0.15, 0.2) is 18.2 Å². The average Bonchev–Trinajstić information content (AvgIpc) is 2.17. The van der Waals surface area contributed by atoms with Crippen molar-refractivity contribution in [3.05, 3.63) is 34.9 Å². The molecule has 1 unspecified atom stereocenters. The molecule has 0 saturated carbocycles. The molecule has 0 aromatic heterocycles. The third-order valence-corrected chi connectivity index (χ3v) is 2.57. The first kappa shape index (κ1) is 11.9. The summed E-state index contributed by atoms with van der Waals surface area (Å²) in [6.07, 6.45) is 0.280. The van der Waals surface area contributed by atoms with Gasteiger partial charge in [-0.2, -0.15) is 5.26 Å². The van der Waals surface area contributed by atoms with E-state index in [0.717, 1.165) is 11.1 Å². The van der Waals surface area contributed by atoms with Gasteiger partial charge in [0.2, 0.25) is 0 Å². The summed E-state index contributed by atoms with van der Waals surface area (Å²) in [5.74, 6) is 0.0280. The molecule has 3 heteroatoms. The normalized spacial score (nSPS) is 11.9. The van der Waals surface area contributed by atoms with Crippen LogP contribution in [0, 0.1) is 18.3 Å². The Hall–Kier alpha value is -1.14. The highest BCUT2D eigenvalue weighted by Gasteiger charge is 2.15. The molecular formula is C12H12BrNO. The number of carbonyl (C=O) groups is 1. The number of rotatable bonds is 3. The van der Waals surface area contributed by atoms with Gasteiger partial charge in [0.05, 0.1) is 17.3 Å². The van der Waals surface area contributed by atoms with E-state index in [9.17, 15) is 4.79 Å². The van der Waals surface area contributed by atoms with Gasteiger partial charge in [0.25, 0.3) is 0 Å². The van der Waals surface area contributed by atoms with E-state index in [1.54, 1.807) is 13.0 Å². The van der Waals surface area contributed by atoms with Crippen molar-refractivity contribution in [2.24, 2.45) is 0 Å². The third kappa shape index (κ3) is 2.90. The van der Waals surface area contributed by atoms with Crippen LogP contribution in [0.1, 0.15) is 28.4 Å². The maximum atomic E-state index is 11.8. The van der Waals surface area contributed by atoms with Crippen LogP contribution in [0.3, 0.4) is 0 Å². The molecule has 0 N–H and O–H groups in total. The number of alkyl halides is 1. The number of carbonyl (C=O) groups excluding carboxylic acids is 1. The molecule has 78 valence electrons. The lowest BCUT2D eigenvalue weighted by Gasteiger charge is -2.08. The molecule has 0 heterocycles. The van der Waals surface area contributed by atoms with E-state index < -0.39 is 0 Å². The monoisotopic (exact) mass is 265 g/mol. The van der Waals surface area contributed by atoms with E-state index in [4.69, 9.17) is 5.26 Å². The quantitative estimate of drug-likeness (QED) is 0.623. The van der Waals surface area contributed by atoms with Gasteiger partial charge >= 0.3 is 0 Å². The second-order valence-electron chi connectivity index (χ2n) is 3.48. The minimum Gasteiger partial charge on any atom is -0.293 e. The summed E-state index contributed by atoms with van der Waals surface area (Å²) in [7, 11) is 0. The molecule has 2 nitrogen and oxygen atoms in total. The lowest BCUT2D eigenvalue weighted by Crippen LogP contribution is -2.12. The zero-order valence-corrected chi connectivity index (χ0v) is 10.3. The number of ketones is 1. The van der Waals surface area contributed by atoms with Crippen LogP contribution in [0.25, 0.3) is 0 Å². The topological polar surface area (TPSA) is 40.9 Å². The number of aryl methyl sites for hydroxylation is 1. The molecule has 0 aliphatic rings. The van der Waals surface area contributed by atoms with Crippen LogP contribution in [0.4, 0.5) is 0 Å². The Labute approximate surface area is 98.0 Å². The summed E-state index contributed by atoms with van der Waals surface area (Å²) >= 11 is 3.25. The minimum atomic E-state index is -0.211. The smallest absolute Gasteiger partial charge is 0.176 e. The second kappa shape index (κ2) is 5.09. The molecule has 0 spiro atoms. The van der Waals surface area contributed by atoms with Gasteiger partial charge in [-0.3, -0.25) is 4.79 Å². The fraction of sp³-hybridized carbons (Fsp3) is 0.333. The van der Waals surface area contributed by atoms with E-state index >= 15 is 0 Å². The molecule has 15 heavy (non-hydrogen) atoms. The zero-order chi connectivity index (χ0) is 11.4. The van der Waals surface area contributed by atoms with Crippen LogP contribution in [-0.2, 0) is 6.42 Å². The molecule has 0 saturated heterocycles. The first-order valence-corrected chi connectivity index (χ1v) is 5.62. The summed E-state index contributed by atoms with van der Waals surface area (Å²) < 4.78 is 0. The number of Topliss-reactive ketones (excluding diaryl/α,β-unsaturated/α-hetero) is 1. The van der Waals surface area contributed by atoms with Gasteiger partial charge in [-0.05, 0) is 19.4 Å². The van der Waals surface area contributed by atoms with Crippen molar-refractivity contribution in [1.29, 1.82) is 5.26 Å². The number of benzene rings is 1. The Morgan fingerprint density at radius 3 is 2.80 bits per heavy atom. The van der Waals surface area contributed by atoms with Crippen LogP contribution < -0.4 is 0 Å². The summed E-state index contributed by atoms with van der Waals surface area (Å²) in [5, 5.41) is 8.68. The largest absolute Gasteiger partial charge is 0.293 e. The molecule has 0 radical (unpaired) electrons. The van der Waals surface area contributed by atoms with Crippen LogP contribution in [-0.4, -0.2) is 10.6 Å². The minimum absolute atomic E-state index is 0.0280. The first-order chi connectivity index (χ1) is 7.06. The van der Waals surface area contributed by atoms with Gasteiger partial charge in [0.15, 0.2) is 5.78 Å². The van der Waals surface area contributed by atoms with Gasteiger partial charge in [-0.1, -0.05) is 39.7 Å². The van der Waals surface area contributed by atoms with Crippen molar-refractivity contribution in [2.75, 3.05) is 0 Å². The molecule has 1 aromatic rings. The van der Waals surface area contributed by atoms with Gasteiger partial charge in [0, 0.05) is 5.56 Å². The lowest BCUT2D eigenvalue weighted by molar-refractivity contribution is 0.0995. The highest BCUT2D eigenvalue weighted by atomic mass is 79.9. The number of nitrogens with zero attached hydrogens (tertiary/aromatic N) is 1. The average molecular weight is 266 g/mol. The van der Waals surface area contributed by atoms with Gasteiger partial charge < -0.3 is 0 Å². The van der Waals surface area contributed by atoms with Crippen molar-refractivity contribution in [3.8, 4) is 6.07 Å². The van der Waals surface area contributed by atoms with Crippen molar-refractivity contribution in [2.45, 2.75) is 25.1 Å². The van der Waals surface area contributed by atoms with E-state index in [0.29, 0.717) is 5.56 Å². The Morgan fingerprint density at radius 1 is 1.60 bits per heavy atom. The van der Waals surface area contributed by atoms with E-state index in [-0.39, 0.29) is 17.0 Å². The van der Waals surface area contributed by atoms with Gasteiger partial charge in [-0.15, -0.1) is 0 Å². The molecule has 0 bridgehead atoms. The number of hydrogen-bond donors (Lipinski definition) is 0.